The van der Waals surface area contributed by atoms with E-state index in [1.54, 1.807) is 29.8 Å². The Morgan fingerprint density at radius 3 is 2.68 bits per heavy atom. The molecule has 4 aromatic rings. The molecule has 0 saturated carbocycles. The zero-order valence-corrected chi connectivity index (χ0v) is 13.8. The van der Waals surface area contributed by atoms with Crippen LogP contribution in [0.1, 0.15) is 6.92 Å². The van der Waals surface area contributed by atoms with Crippen molar-refractivity contribution in [3.05, 3.63) is 69.5 Å². The third-order valence-electron chi connectivity index (χ3n) is 4.17. The standard InChI is InChI=1S/C18H16N4O3/c1-3-4-10-21-16(23)14-15(20(2)18(21)24)19-17-22(14)11-13(25-17)12-8-6-5-7-9-12/h3-9,11H,10H2,1-2H3. The van der Waals surface area contributed by atoms with E-state index in [1.807, 2.05) is 37.3 Å². The molecule has 0 atom stereocenters. The highest BCUT2D eigenvalue weighted by Crippen LogP contribution is 2.24. The maximum Gasteiger partial charge on any atom is 0.332 e. The second-order valence-electron chi connectivity index (χ2n) is 5.72. The van der Waals surface area contributed by atoms with Gasteiger partial charge in [-0.3, -0.25) is 18.3 Å². The molecule has 0 bridgehead atoms. The van der Waals surface area contributed by atoms with Crippen molar-refractivity contribution < 1.29 is 4.42 Å². The average molecular weight is 336 g/mol. The molecule has 0 N–H and O–H groups in total. The third-order valence-corrected chi connectivity index (χ3v) is 4.17. The highest BCUT2D eigenvalue weighted by Gasteiger charge is 2.19. The highest BCUT2D eigenvalue weighted by atomic mass is 16.4. The molecule has 3 aromatic heterocycles. The normalized spacial score (nSPS) is 11.9. The summed E-state index contributed by atoms with van der Waals surface area (Å²) < 4.78 is 9.94. The van der Waals surface area contributed by atoms with Gasteiger partial charge in [0.25, 0.3) is 5.56 Å². The summed E-state index contributed by atoms with van der Waals surface area (Å²) in [6.45, 7) is 2.06. The van der Waals surface area contributed by atoms with Crippen LogP contribution in [0.2, 0.25) is 0 Å². The molecular formula is C18H16N4O3. The van der Waals surface area contributed by atoms with Gasteiger partial charge in [0.2, 0.25) is 0 Å². The first-order chi connectivity index (χ1) is 12.1. The number of hydrogen-bond donors (Lipinski definition) is 0. The number of allylic oxidation sites excluding steroid dienone is 2. The summed E-state index contributed by atoms with van der Waals surface area (Å²) >= 11 is 0. The molecule has 4 rings (SSSR count). The van der Waals surface area contributed by atoms with Gasteiger partial charge in [-0.1, -0.05) is 42.5 Å². The molecule has 7 nitrogen and oxygen atoms in total. The monoisotopic (exact) mass is 336 g/mol. The first kappa shape index (κ1) is 15.2. The fourth-order valence-electron chi connectivity index (χ4n) is 2.86. The van der Waals surface area contributed by atoms with Crippen molar-refractivity contribution in [2.24, 2.45) is 7.05 Å². The van der Waals surface area contributed by atoms with Crippen LogP contribution in [-0.4, -0.2) is 18.5 Å². The summed E-state index contributed by atoms with van der Waals surface area (Å²) in [4.78, 5) is 29.6. The molecule has 0 aliphatic heterocycles. The van der Waals surface area contributed by atoms with Crippen molar-refractivity contribution in [2.75, 3.05) is 0 Å². The molecule has 7 heteroatoms. The topological polar surface area (TPSA) is 74.4 Å². The Hall–Kier alpha value is -3.35. The Kier molecular flexibility index (Phi) is 3.42. The van der Waals surface area contributed by atoms with Crippen LogP contribution in [0, 0.1) is 0 Å². The SMILES string of the molecule is CC=CCn1c(=O)c2c(nc3oc(-c4ccccc4)cn32)n(C)c1=O. The van der Waals surface area contributed by atoms with Crippen molar-refractivity contribution >= 4 is 17.0 Å². The van der Waals surface area contributed by atoms with E-state index in [4.69, 9.17) is 4.42 Å². The Labute approximate surface area is 142 Å². The average Bonchev–Trinajstić information content (AvgIpc) is 3.18. The predicted molar refractivity (Wildman–Crippen MR) is 94.7 cm³/mol. The predicted octanol–water partition coefficient (Wildman–Crippen LogP) is 2.18. The number of oxazole rings is 1. The molecule has 1 aromatic carbocycles. The second-order valence-corrected chi connectivity index (χ2v) is 5.72. The smallest absolute Gasteiger partial charge is 0.332 e. The molecular weight excluding hydrogens is 320 g/mol. The van der Waals surface area contributed by atoms with E-state index in [2.05, 4.69) is 4.98 Å². The minimum Gasteiger partial charge on any atom is -0.423 e. The lowest BCUT2D eigenvalue weighted by Gasteiger charge is -2.05. The van der Waals surface area contributed by atoms with Crippen LogP contribution in [0.4, 0.5) is 0 Å². The van der Waals surface area contributed by atoms with E-state index < -0.39 is 5.69 Å². The van der Waals surface area contributed by atoms with Crippen molar-refractivity contribution in [2.45, 2.75) is 13.5 Å². The molecule has 0 unspecified atom stereocenters. The fraction of sp³-hybridized carbons (Fsp3) is 0.167. The number of benzene rings is 1. The number of imidazole rings is 1. The van der Waals surface area contributed by atoms with E-state index in [-0.39, 0.29) is 17.9 Å². The van der Waals surface area contributed by atoms with Crippen LogP contribution in [0.5, 0.6) is 0 Å². The molecule has 0 amide bonds. The Bertz CT molecular complexity index is 1220. The number of rotatable bonds is 3. The van der Waals surface area contributed by atoms with E-state index in [0.717, 1.165) is 5.56 Å². The van der Waals surface area contributed by atoms with Crippen LogP contribution < -0.4 is 11.2 Å². The van der Waals surface area contributed by atoms with Crippen molar-refractivity contribution in [3.8, 4) is 11.3 Å². The van der Waals surface area contributed by atoms with E-state index in [9.17, 15) is 9.59 Å². The quantitative estimate of drug-likeness (QED) is 0.538. The summed E-state index contributed by atoms with van der Waals surface area (Å²) in [5.74, 6) is 0.892. The molecule has 0 radical (unpaired) electrons. The van der Waals surface area contributed by atoms with E-state index >= 15 is 0 Å². The lowest BCUT2D eigenvalue weighted by atomic mass is 10.2. The zero-order chi connectivity index (χ0) is 17.6. The summed E-state index contributed by atoms with van der Waals surface area (Å²) in [5.41, 5.74) is 0.738. The summed E-state index contributed by atoms with van der Waals surface area (Å²) in [6, 6.07) is 9.57. The first-order valence-electron chi connectivity index (χ1n) is 7.90. The maximum absolute atomic E-state index is 12.8. The Morgan fingerprint density at radius 1 is 1.20 bits per heavy atom. The molecule has 0 aliphatic rings. The van der Waals surface area contributed by atoms with Gasteiger partial charge in [-0.15, -0.1) is 0 Å². The lowest BCUT2D eigenvalue weighted by Crippen LogP contribution is -2.39. The number of aromatic nitrogens is 4. The van der Waals surface area contributed by atoms with Crippen LogP contribution >= 0.6 is 0 Å². The van der Waals surface area contributed by atoms with Gasteiger partial charge >= 0.3 is 11.5 Å². The molecule has 0 aliphatic carbocycles. The van der Waals surface area contributed by atoms with Crippen molar-refractivity contribution in [3.63, 3.8) is 0 Å². The number of nitrogens with zero attached hydrogens (tertiary/aromatic N) is 4. The van der Waals surface area contributed by atoms with Gasteiger partial charge < -0.3 is 4.42 Å². The van der Waals surface area contributed by atoms with E-state index in [0.29, 0.717) is 16.9 Å². The Balaban J connectivity index is 2.04. The molecule has 25 heavy (non-hydrogen) atoms. The number of hydrogen-bond acceptors (Lipinski definition) is 4. The molecule has 0 saturated heterocycles. The maximum atomic E-state index is 12.8. The lowest BCUT2D eigenvalue weighted by molar-refractivity contribution is 0.610. The van der Waals surface area contributed by atoms with Gasteiger partial charge in [0.1, 0.15) is 0 Å². The van der Waals surface area contributed by atoms with Gasteiger partial charge in [0.05, 0.1) is 6.20 Å². The van der Waals surface area contributed by atoms with Crippen LogP contribution in [0.3, 0.4) is 0 Å². The highest BCUT2D eigenvalue weighted by molar-refractivity contribution is 5.76. The molecule has 126 valence electrons. The zero-order valence-electron chi connectivity index (χ0n) is 13.8. The second kappa shape index (κ2) is 5.62. The first-order valence-corrected chi connectivity index (χ1v) is 7.90. The van der Waals surface area contributed by atoms with Gasteiger partial charge in [-0.2, -0.15) is 4.98 Å². The van der Waals surface area contributed by atoms with Gasteiger partial charge in [-0.05, 0) is 6.92 Å². The van der Waals surface area contributed by atoms with Crippen LogP contribution in [0.25, 0.3) is 28.3 Å². The minimum atomic E-state index is -0.403. The number of fused-ring (bicyclic) bond motifs is 3. The van der Waals surface area contributed by atoms with E-state index in [1.165, 1.54) is 9.13 Å². The molecule has 0 spiro atoms. The van der Waals surface area contributed by atoms with Crippen molar-refractivity contribution in [1.29, 1.82) is 0 Å². The Morgan fingerprint density at radius 2 is 1.96 bits per heavy atom. The largest absolute Gasteiger partial charge is 0.423 e. The number of aryl methyl sites for hydroxylation is 1. The molecule has 3 heterocycles. The van der Waals surface area contributed by atoms with Crippen LogP contribution in [-0.2, 0) is 13.6 Å². The van der Waals surface area contributed by atoms with Crippen LogP contribution in [0.15, 0.2) is 62.7 Å². The molecule has 0 fully saturated rings. The third kappa shape index (κ3) is 2.24. The van der Waals surface area contributed by atoms with Crippen molar-refractivity contribution in [1.82, 2.24) is 18.5 Å². The summed E-state index contributed by atoms with van der Waals surface area (Å²) in [7, 11) is 1.60. The fourth-order valence-corrected chi connectivity index (χ4v) is 2.86. The van der Waals surface area contributed by atoms with Gasteiger partial charge in [-0.25, -0.2) is 4.79 Å². The summed E-state index contributed by atoms with van der Waals surface area (Å²) in [5, 5.41) is 0. The van der Waals surface area contributed by atoms with Gasteiger partial charge in [0.15, 0.2) is 16.9 Å². The summed E-state index contributed by atoms with van der Waals surface area (Å²) in [6.07, 6.45) is 5.29. The van der Waals surface area contributed by atoms with Gasteiger partial charge in [0, 0.05) is 19.2 Å². The minimum absolute atomic E-state index is 0.217.